The largest absolute Gasteiger partial charge is 0.392 e. The smallest absolute Gasteiger partial charge is 0.102 e. The lowest BCUT2D eigenvalue weighted by molar-refractivity contribution is -0.0615. The Bertz CT molecular complexity index is 1230. The highest BCUT2D eigenvalue weighted by Crippen LogP contribution is 2.63. The lowest BCUT2D eigenvalue weighted by atomic mass is 9.59. The molecule has 9 atom stereocenters. The van der Waals surface area contributed by atoms with Gasteiger partial charge < -0.3 is 15.3 Å². The first kappa shape index (κ1) is 24.3. The molecule has 0 amide bonds. The quantitative estimate of drug-likeness (QED) is 0.502. The van der Waals surface area contributed by atoms with E-state index in [4.69, 9.17) is 0 Å². The Balaban J connectivity index is 1.36. The van der Waals surface area contributed by atoms with Crippen LogP contribution in [-0.2, 0) is 0 Å². The number of aliphatic hydroxyl groups excluding tert-OH is 3. The van der Waals surface area contributed by atoms with Crippen LogP contribution in [-0.4, -0.2) is 38.6 Å². The summed E-state index contributed by atoms with van der Waals surface area (Å²) in [6.45, 7) is 9.01. The average Bonchev–Trinajstić information content (AvgIpc) is 3.02. The van der Waals surface area contributed by atoms with Crippen LogP contribution in [0.15, 0.2) is 60.0 Å². The van der Waals surface area contributed by atoms with E-state index < -0.39 is 12.2 Å². The Morgan fingerprint density at radius 1 is 1.06 bits per heavy atom. The summed E-state index contributed by atoms with van der Waals surface area (Å²) in [6.07, 6.45) is 11.3. The van der Waals surface area contributed by atoms with Gasteiger partial charge in [-0.2, -0.15) is 0 Å². The third-order valence-corrected chi connectivity index (χ3v) is 10.8. The van der Waals surface area contributed by atoms with Crippen LogP contribution in [0.1, 0.15) is 71.3 Å². The number of hydrogen-bond acceptors (Lipinski definition) is 4. The van der Waals surface area contributed by atoms with Crippen LogP contribution in [0.3, 0.4) is 0 Å². The molecule has 4 nitrogen and oxygen atoms in total. The van der Waals surface area contributed by atoms with Gasteiger partial charge >= 0.3 is 0 Å². The van der Waals surface area contributed by atoms with E-state index in [2.05, 4.69) is 63.0 Å². The fourth-order valence-corrected chi connectivity index (χ4v) is 8.72. The Morgan fingerprint density at radius 3 is 2.64 bits per heavy atom. The third-order valence-electron chi connectivity index (χ3n) is 10.8. The highest BCUT2D eigenvalue weighted by Gasteiger charge is 2.57. The molecule has 0 aliphatic heterocycles. The topological polar surface area (TPSA) is 73.6 Å². The van der Waals surface area contributed by atoms with E-state index in [-0.39, 0.29) is 28.8 Å². The number of aliphatic hydroxyl groups is 3. The van der Waals surface area contributed by atoms with Gasteiger partial charge in [-0.15, -0.1) is 0 Å². The van der Waals surface area contributed by atoms with Crippen LogP contribution in [0.25, 0.3) is 10.8 Å². The van der Waals surface area contributed by atoms with Crippen molar-refractivity contribution in [2.75, 3.05) is 0 Å². The molecule has 2 saturated carbocycles. The maximum Gasteiger partial charge on any atom is 0.102 e. The number of benzene rings is 1. The van der Waals surface area contributed by atoms with E-state index in [1.54, 1.807) is 0 Å². The molecule has 4 aliphatic carbocycles. The summed E-state index contributed by atoms with van der Waals surface area (Å²) in [5.74, 6) is 1.31. The Labute approximate surface area is 215 Å². The summed E-state index contributed by atoms with van der Waals surface area (Å²) < 4.78 is 0. The maximum atomic E-state index is 11.5. The van der Waals surface area contributed by atoms with Gasteiger partial charge in [0, 0.05) is 23.7 Å². The fraction of sp³-hybridized carbons (Fsp3) is 0.594. The molecule has 1 aromatic carbocycles. The van der Waals surface area contributed by atoms with Gasteiger partial charge in [-0.05, 0) is 101 Å². The molecule has 0 saturated heterocycles. The van der Waals surface area contributed by atoms with Gasteiger partial charge in [-0.25, -0.2) is 0 Å². The Morgan fingerprint density at radius 2 is 1.86 bits per heavy atom. The van der Waals surface area contributed by atoms with Gasteiger partial charge in [0.1, 0.15) is 6.10 Å². The minimum absolute atomic E-state index is 0.0169. The van der Waals surface area contributed by atoms with E-state index in [0.29, 0.717) is 17.8 Å². The van der Waals surface area contributed by atoms with Gasteiger partial charge in [-0.3, -0.25) is 4.98 Å². The van der Waals surface area contributed by atoms with Gasteiger partial charge in [0.05, 0.1) is 12.2 Å². The first-order valence-corrected chi connectivity index (χ1v) is 13.9. The standard InChI is InChI=1S/C32H41NO3/c1-18(2)24-16-31(3)10-8-23-20(14-26(31)30(36)29(24)35)7-11-32(4)25(23)15-27(34)28(32)21-6-5-19-9-12-33-17-22(19)13-21/h5-7,9,12-14,17-18,23-25,27-30,34-36H,8,10-11,15-16H2,1-4H3. The molecule has 6 rings (SSSR count). The van der Waals surface area contributed by atoms with Gasteiger partial charge in [0.15, 0.2) is 0 Å². The number of rotatable bonds is 2. The van der Waals surface area contributed by atoms with E-state index >= 15 is 0 Å². The van der Waals surface area contributed by atoms with Crippen molar-refractivity contribution >= 4 is 10.8 Å². The molecular weight excluding hydrogens is 446 g/mol. The van der Waals surface area contributed by atoms with Crippen LogP contribution in [0.5, 0.6) is 0 Å². The first-order chi connectivity index (χ1) is 17.1. The highest BCUT2D eigenvalue weighted by molar-refractivity contribution is 5.82. The molecule has 2 fully saturated rings. The summed E-state index contributed by atoms with van der Waals surface area (Å²) in [6, 6.07) is 8.65. The molecule has 1 heterocycles. The number of nitrogens with zero attached hydrogens (tertiary/aromatic N) is 1. The number of aromatic nitrogens is 1. The normalized spacial score (nSPS) is 42.3. The molecule has 192 valence electrons. The third kappa shape index (κ3) is 3.55. The Kier molecular flexibility index (Phi) is 5.75. The summed E-state index contributed by atoms with van der Waals surface area (Å²) in [7, 11) is 0. The molecule has 0 spiro atoms. The molecule has 2 aromatic rings. The number of pyridine rings is 1. The fourth-order valence-electron chi connectivity index (χ4n) is 8.72. The van der Waals surface area contributed by atoms with Crippen molar-refractivity contribution in [3.8, 4) is 0 Å². The molecule has 0 bridgehead atoms. The lowest BCUT2D eigenvalue weighted by Crippen LogP contribution is -2.48. The number of allylic oxidation sites excluding steroid dienone is 3. The maximum absolute atomic E-state index is 11.5. The zero-order valence-corrected chi connectivity index (χ0v) is 22.1. The lowest BCUT2D eigenvalue weighted by Gasteiger charge is -2.47. The predicted molar refractivity (Wildman–Crippen MR) is 143 cm³/mol. The zero-order chi connectivity index (χ0) is 25.4. The minimum atomic E-state index is -0.794. The number of hydrogen-bond donors (Lipinski definition) is 3. The van der Waals surface area contributed by atoms with Crippen molar-refractivity contribution in [1.82, 2.24) is 4.98 Å². The zero-order valence-electron chi connectivity index (χ0n) is 22.1. The van der Waals surface area contributed by atoms with Crippen molar-refractivity contribution in [1.29, 1.82) is 0 Å². The molecule has 3 N–H and O–H groups in total. The van der Waals surface area contributed by atoms with Crippen molar-refractivity contribution in [2.45, 2.75) is 84.0 Å². The van der Waals surface area contributed by atoms with Gasteiger partial charge in [-0.1, -0.05) is 52.0 Å². The van der Waals surface area contributed by atoms with E-state index in [1.807, 2.05) is 18.5 Å². The number of fused-ring (bicyclic) bond motifs is 5. The second-order valence-electron chi connectivity index (χ2n) is 13.1. The minimum Gasteiger partial charge on any atom is -0.392 e. The molecule has 4 aliphatic rings. The summed E-state index contributed by atoms with van der Waals surface area (Å²) in [4.78, 5) is 4.32. The molecule has 1 aromatic heterocycles. The van der Waals surface area contributed by atoms with Crippen LogP contribution in [0, 0.1) is 34.5 Å². The van der Waals surface area contributed by atoms with Crippen molar-refractivity contribution < 1.29 is 15.3 Å². The SMILES string of the molecule is CC(C)C1CC2(C)CCC3C(=CCC4(C)C3CC(O)C4c3ccc4ccncc4c3)C=C2C(O)C1O. The summed E-state index contributed by atoms with van der Waals surface area (Å²) in [5, 5.41) is 36.0. The summed E-state index contributed by atoms with van der Waals surface area (Å²) >= 11 is 0. The van der Waals surface area contributed by atoms with Crippen molar-refractivity contribution in [3.05, 3.63) is 65.5 Å². The summed E-state index contributed by atoms with van der Waals surface area (Å²) in [5.41, 5.74) is 3.46. The van der Waals surface area contributed by atoms with E-state index in [9.17, 15) is 15.3 Å². The van der Waals surface area contributed by atoms with Gasteiger partial charge in [0.2, 0.25) is 0 Å². The van der Waals surface area contributed by atoms with E-state index in [0.717, 1.165) is 43.1 Å². The molecule has 36 heavy (non-hydrogen) atoms. The van der Waals surface area contributed by atoms with Crippen molar-refractivity contribution in [3.63, 3.8) is 0 Å². The molecular formula is C32H41NO3. The Hall–Kier alpha value is -2.01. The average molecular weight is 488 g/mol. The van der Waals surface area contributed by atoms with Gasteiger partial charge in [0.25, 0.3) is 0 Å². The van der Waals surface area contributed by atoms with Crippen LogP contribution in [0.4, 0.5) is 0 Å². The van der Waals surface area contributed by atoms with Crippen LogP contribution < -0.4 is 0 Å². The highest BCUT2D eigenvalue weighted by atomic mass is 16.3. The monoisotopic (exact) mass is 487 g/mol. The molecule has 4 heteroatoms. The first-order valence-electron chi connectivity index (χ1n) is 13.9. The second-order valence-corrected chi connectivity index (χ2v) is 13.1. The second kappa shape index (κ2) is 8.51. The molecule has 0 radical (unpaired) electrons. The van der Waals surface area contributed by atoms with E-state index in [1.165, 1.54) is 16.5 Å². The molecule has 9 unspecified atom stereocenters. The van der Waals surface area contributed by atoms with Crippen LogP contribution in [0.2, 0.25) is 0 Å². The van der Waals surface area contributed by atoms with Crippen LogP contribution >= 0.6 is 0 Å². The predicted octanol–water partition coefficient (Wildman–Crippen LogP) is 5.78. The van der Waals surface area contributed by atoms with Crippen molar-refractivity contribution in [2.24, 2.45) is 34.5 Å².